The summed E-state index contributed by atoms with van der Waals surface area (Å²) in [7, 11) is 5.38. The second-order valence-electron chi connectivity index (χ2n) is 4.55. The molecule has 0 spiro atoms. The van der Waals surface area contributed by atoms with Gasteiger partial charge in [-0.05, 0) is 13.3 Å². The van der Waals surface area contributed by atoms with Crippen LogP contribution in [0.15, 0.2) is 6.33 Å². The molecule has 0 radical (unpaired) electrons. The highest BCUT2D eigenvalue weighted by Crippen LogP contribution is 2.22. The van der Waals surface area contributed by atoms with Gasteiger partial charge in [-0.25, -0.2) is 9.97 Å². The summed E-state index contributed by atoms with van der Waals surface area (Å²) in [6.07, 6.45) is 2.35. The largest absolute Gasteiger partial charge is 0.370 e. The lowest BCUT2D eigenvalue weighted by atomic mass is 10.2. The van der Waals surface area contributed by atoms with Crippen molar-refractivity contribution in [3.8, 4) is 0 Å². The van der Waals surface area contributed by atoms with E-state index in [9.17, 15) is 4.79 Å². The van der Waals surface area contributed by atoms with Crippen LogP contribution in [0, 0.1) is 0 Å². The third-order valence-corrected chi connectivity index (χ3v) is 2.85. The van der Waals surface area contributed by atoms with E-state index in [4.69, 9.17) is 0 Å². The Morgan fingerprint density at radius 3 is 2.47 bits per heavy atom. The highest BCUT2D eigenvalue weighted by atomic mass is 16.2. The molecule has 0 aromatic carbocycles. The van der Waals surface area contributed by atoms with Crippen LogP contribution < -0.4 is 10.2 Å². The molecule has 0 fully saturated rings. The number of carbonyl (C=O) groups excluding carboxylic acids is 1. The van der Waals surface area contributed by atoms with E-state index in [1.807, 2.05) is 18.9 Å². The number of hydrogen-bond acceptors (Lipinski definition) is 5. The quantitative estimate of drug-likeness (QED) is 0.831. The Morgan fingerprint density at radius 2 is 1.95 bits per heavy atom. The normalized spacial score (nSPS) is 10.2. The van der Waals surface area contributed by atoms with Gasteiger partial charge in [-0.3, -0.25) is 4.79 Å². The van der Waals surface area contributed by atoms with Crippen LogP contribution in [0.5, 0.6) is 0 Å². The Balaban J connectivity index is 2.98. The minimum atomic E-state index is 0.0492. The Hall–Kier alpha value is -1.85. The smallest absolute Gasteiger partial charge is 0.241 e. The van der Waals surface area contributed by atoms with Crippen molar-refractivity contribution in [2.45, 2.75) is 20.3 Å². The van der Waals surface area contributed by atoms with Crippen molar-refractivity contribution in [3.63, 3.8) is 0 Å². The third kappa shape index (κ3) is 3.81. The van der Waals surface area contributed by atoms with E-state index < -0.39 is 0 Å². The Kier molecular flexibility index (Phi) is 5.54. The van der Waals surface area contributed by atoms with E-state index in [1.54, 1.807) is 19.0 Å². The summed E-state index contributed by atoms with van der Waals surface area (Å²) in [5.41, 5.74) is 1.04. The maximum atomic E-state index is 11.8. The number of rotatable bonds is 6. The van der Waals surface area contributed by atoms with Gasteiger partial charge in [-0.15, -0.1) is 0 Å². The van der Waals surface area contributed by atoms with Gasteiger partial charge in [0.05, 0.1) is 6.54 Å². The fourth-order valence-electron chi connectivity index (χ4n) is 1.80. The van der Waals surface area contributed by atoms with Crippen molar-refractivity contribution in [1.29, 1.82) is 0 Å². The van der Waals surface area contributed by atoms with Crippen LogP contribution in [0.3, 0.4) is 0 Å². The first-order valence-electron chi connectivity index (χ1n) is 6.50. The molecule has 106 valence electrons. The average molecular weight is 265 g/mol. The molecule has 6 heteroatoms. The van der Waals surface area contributed by atoms with Gasteiger partial charge in [-0.1, -0.05) is 6.92 Å². The summed E-state index contributed by atoms with van der Waals surface area (Å²) in [6.45, 7) is 5.21. The third-order valence-electron chi connectivity index (χ3n) is 2.85. The molecule has 0 aliphatic rings. The van der Waals surface area contributed by atoms with Crippen molar-refractivity contribution >= 4 is 17.5 Å². The Bertz CT molecular complexity index is 433. The predicted molar refractivity (Wildman–Crippen MR) is 77.5 cm³/mol. The van der Waals surface area contributed by atoms with E-state index in [2.05, 4.69) is 22.2 Å². The molecule has 0 saturated heterocycles. The molecule has 0 unspecified atom stereocenters. The van der Waals surface area contributed by atoms with Crippen molar-refractivity contribution in [2.75, 3.05) is 44.4 Å². The summed E-state index contributed by atoms with van der Waals surface area (Å²) < 4.78 is 0. The molecule has 0 aliphatic heterocycles. The van der Waals surface area contributed by atoms with Crippen LogP contribution in [0.4, 0.5) is 11.6 Å². The van der Waals surface area contributed by atoms with Gasteiger partial charge in [-0.2, -0.15) is 0 Å². The average Bonchev–Trinajstić information content (AvgIpc) is 2.38. The Morgan fingerprint density at radius 1 is 1.26 bits per heavy atom. The zero-order valence-corrected chi connectivity index (χ0v) is 12.4. The molecule has 1 amide bonds. The molecule has 0 saturated carbocycles. The lowest BCUT2D eigenvalue weighted by Gasteiger charge is -2.23. The van der Waals surface area contributed by atoms with E-state index >= 15 is 0 Å². The van der Waals surface area contributed by atoms with E-state index in [0.717, 1.165) is 30.2 Å². The maximum absolute atomic E-state index is 11.8. The molecule has 19 heavy (non-hydrogen) atoms. The zero-order valence-electron chi connectivity index (χ0n) is 12.4. The van der Waals surface area contributed by atoms with Crippen LogP contribution >= 0.6 is 0 Å². The van der Waals surface area contributed by atoms with E-state index in [1.165, 1.54) is 6.33 Å². The summed E-state index contributed by atoms with van der Waals surface area (Å²) in [5, 5.41) is 3.23. The summed E-state index contributed by atoms with van der Waals surface area (Å²) in [5.74, 6) is 1.70. The minimum Gasteiger partial charge on any atom is -0.370 e. The van der Waals surface area contributed by atoms with Gasteiger partial charge in [0.15, 0.2) is 0 Å². The van der Waals surface area contributed by atoms with Gasteiger partial charge in [0, 0.05) is 33.3 Å². The van der Waals surface area contributed by atoms with Crippen molar-refractivity contribution < 1.29 is 4.79 Å². The van der Waals surface area contributed by atoms with Crippen LogP contribution in [0.1, 0.15) is 19.4 Å². The van der Waals surface area contributed by atoms with Crippen molar-refractivity contribution in [3.05, 3.63) is 11.9 Å². The van der Waals surface area contributed by atoms with Gasteiger partial charge in [0.25, 0.3) is 0 Å². The summed E-state index contributed by atoms with van der Waals surface area (Å²) in [4.78, 5) is 23.8. The maximum Gasteiger partial charge on any atom is 0.241 e. The summed E-state index contributed by atoms with van der Waals surface area (Å²) >= 11 is 0. The molecular formula is C13H23N5O. The van der Waals surface area contributed by atoms with Crippen LogP contribution in [0.2, 0.25) is 0 Å². The first-order valence-corrected chi connectivity index (χ1v) is 6.50. The number of amides is 1. The number of hydrogen-bond donors (Lipinski definition) is 1. The van der Waals surface area contributed by atoms with Gasteiger partial charge in [0.1, 0.15) is 18.0 Å². The number of anilines is 2. The molecule has 0 atom stereocenters. The number of nitrogens with zero attached hydrogens (tertiary/aromatic N) is 4. The topological polar surface area (TPSA) is 61.4 Å². The second-order valence-corrected chi connectivity index (χ2v) is 4.55. The van der Waals surface area contributed by atoms with Crippen molar-refractivity contribution in [1.82, 2.24) is 14.9 Å². The molecule has 1 heterocycles. The first-order chi connectivity index (χ1) is 9.01. The van der Waals surface area contributed by atoms with Gasteiger partial charge < -0.3 is 15.1 Å². The lowest BCUT2D eigenvalue weighted by molar-refractivity contribution is -0.127. The molecular weight excluding hydrogens is 242 g/mol. The molecule has 1 aromatic heterocycles. The van der Waals surface area contributed by atoms with E-state index in [0.29, 0.717) is 6.54 Å². The fourth-order valence-corrected chi connectivity index (χ4v) is 1.80. The van der Waals surface area contributed by atoms with E-state index in [-0.39, 0.29) is 5.91 Å². The molecule has 1 N–H and O–H groups in total. The van der Waals surface area contributed by atoms with Gasteiger partial charge in [0.2, 0.25) is 5.91 Å². The van der Waals surface area contributed by atoms with Crippen LogP contribution in [-0.2, 0) is 11.2 Å². The van der Waals surface area contributed by atoms with Crippen LogP contribution in [-0.4, -0.2) is 55.0 Å². The number of nitrogens with one attached hydrogen (secondary N) is 1. The molecule has 0 aliphatic carbocycles. The highest BCUT2D eigenvalue weighted by molar-refractivity contribution is 5.81. The first kappa shape index (κ1) is 15.2. The fraction of sp³-hybridized carbons (Fsp3) is 0.615. The van der Waals surface area contributed by atoms with Crippen molar-refractivity contribution in [2.24, 2.45) is 0 Å². The molecule has 1 rings (SSSR count). The second kappa shape index (κ2) is 6.92. The van der Waals surface area contributed by atoms with Gasteiger partial charge >= 0.3 is 0 Å². The Labute approximate surface area is 114 Å². The molecule has 0 bridgehead atoms. The van der Waals surface area contributed by atoms with Crippen LogP contribution in [0.25, 0.3) is 0 Å². The zero-order chi connectivity index (χ0) is 14.4. The summed E-state index contributed by atoms with van der Waals surface area (Å²) in [6, 6.07) is 0. The number of aromatic nitrogens is 2. The minimum absolute atomic E-state index is 0.0492. The predicted octanol–water partition coefficient (Wildman–Crippen LogP) is 0.995. The standard InChI is InChI=1S/C13H23N5O/c1-6-10-12(14-7-2)15-9-16-13(10)18(5)8-11(19)17(3)4/h9H,6-8H2,1-5H3,(H,14,15,16). The number of likely N-dealkylation sites (N-methyl/N-ethyl adjacent to an activating group) is 2. The lowest BCUT2D eigenvalue weighted by Crippen LogP contribution is -2.35. The number of carbonyl (C=O) groups is 1. The monoisotopic (exact) mass is 265 g/mol. The molecule has 1 aromatic rings. The molecule has 6 nitrogen and oxygen atoms in total. The SMILES string of the molecule is CCNc1ncnc(N(C)CC(=O)N(C)C)c1CC. The highest BCUT2D eigenvalue weighted by Gasteiger charge is 2.16.